The third-order valence-corrected chi connectivity index (χ3v) is 1.72. The van der Waals surface area contributed by atoms with E-state index in [1.54, 1.807) is 18.2 Å². The molecule has 70 valence electrons. The monoisotopic (exact) mass is 179 g/mol. The third kappa shape index (κ3) is 2.47. The van der Waals surface area contributed by atoms with E-state index in [1.807, 2.05) is 13.0 Å². The first-order valence-corrected chi connectivity index (χ1v) is 4.17. The molecule has 0 radical (unpaired) electrons. The van der Waals surface area contributed by atoms with E-state index in [1.165, 1.54) is 7.11 Å². The fourth-order valence-corrected chi connectivity index (χ4v) is 1.12. The van der Waals surface area contributed by atoms with Crippen LogP contribution in [0.5, 0.6) is 5.75 Å². The molecule has 0 spiro atoms. The highest BCUT2D eigenvalue weighted by Gasteiger charge is 2.01. The molecule has 0 amide bonds. The highest BCUT2D eigenvalue weighted by Crippen LogP contribution is 2.13. The Kier molecular flexibility index (Phi) is 3.31. The molecule has 13 heavy (non-hydrogen) atoms. The molecule has 1 rings (SSSR count). The summed E-state index contributed by atoms with van der Waals surface area (Å²) in [5.41, 5.74) is 1.72. The first kappa shape index (κ1) is 9.58. The van der Waals surface area contributed by atoms with Gasteiger partial charge in [0.2, 0.25) is 0 Å². The maximum absolute atomic E-state index is 9.23. The van der Waals surface area contributed by atoms with Crippen molar-refractivity contribution in [2.24, 2.45) is 5.16 Å². The molecule has 0 aromatic heterocycles. The van der Waals surface area contributed by atoms with Crippen LogP contribution < -0.4 is 0 Å². The Hall–Kier alpha value is -1.51. The number of rotatable bonds is 3. The topological polar surface area (TPSA) is 41.8 Å². The highest BCUT2D eigenvalue weighted by molar-refractivity contribution is 6.00. The number of aromatic hydroxyl groups is 1. The predicted octanol–water partition coefficient (Wildman–Crippen LogP) is 2.15. The van der Waals surface area contributed by atoms with Gasteiger partial charge in [0.25, 0.3) is 0 Å². The van der Waals surface area contributed by atoms with E-state index in [0.717, 1.165) is 17.7 Å². The fraction of sp³-hybridized carbons (Fsp3) is 0.300. The molecule has 0 aliphatic carbocycles. The van der Waals surface area contributed by atoms with Gasteiger partial charge in [0.15, 0.2) is 0 Å². The van der Waals surface area contributed by atoms with Crippen LogP contribution in [0.3, 0.4) is 0 Å². The highest BCUT2D eigenvalue weighted by atomic mass is 16.6. The second kappa shape index (κ2) is 4.50. The van der Waals surface area contributed by atoms with Crippen molar-refractivity contribution < 1.29 is 9.94 Å². The van der Waals surface area contributed by atoms with Crippen LogP contribution in [0.25, 0.3) is 0 Å². The summed E-state index contributed by atoms with van der Waals surface area (Å²) in [6.45, 7) is 1.99. The third-order valence-electron chi connectivity index (χ3n) is 1.72. The molecule has 1 aromatic rings. The normalized spacial score (nSPS) is 11.4. The van der Waals surface area contributed by atoms with Gasteiger partial charge >= 0.3 is 0 Å². The van der Waals surface area contributed by atoms with E-state index in [-0.39, 0.29) is 5.75 Å². The van der Waals surface area contributed by atoms with Gasteiger partial charge in [-0.1, -0.05) is 24.2 Å². The van der Waals surface area contributed by atoms with E-state index in [4.69, 9.17) is 4.84 Å². The van der Waals surface area contributed by atoms with Crippen LogP contribution in [-0.2, 0) is 4.84 Å². The van der Waals surface area contributed by atoms with Crippen molar-refractivity contribution in [3.63, 3.8) is 0 Å². The first-order chi connectivity index (χ1) is 6.27. The lowest BCUT2D eigenvalue weighted by atomic mass is 10.1. The summed E-state index contributed by atoms with van der Waals surface area (Å²) in [6.07, 6.45) is 0.775. The molecule has 0 heterocycles. The molecular formula is C10H13NO2. The molecule has 1 aromatic carbocycles. The molecule has 0 saturated carbocycles. The molecule has 0 saturated heterocycles. The van der Waals surface area contributed by atoms with Crippen molar-refractivity contribution in [2.45, 2.75) is 13.3 Å². The Morgan fingerprint density at radius 1 is 1.54 bits per heavy atom. The maximum atomic E-state index is 9.23. The second-order valence-corrected chi connectivity index (χ2v) is 2.62. The van der Waals surface area contributed by atoms with Gasteiger partial charge < -0.3 is 9.94 Å². The smallest absolute Gasteiger partial charge is 0.116 e. The molecule has 1 N–H and O–H groups in total. The van der Waals surface area contributed by atoms with Gasteiger partial charge in [-0.15, -0.1) is 0 Å². The Bertz CT molecular complexity index is 308. The molecule has 0 aliphatic heterocycles. The molecule has 0 unspecified atom stereocenters. The van der Waals surface area contributed by atoms with E-state index < -0.39 is 0 Å². The van der Waals surface area contributed by atoms with Gasteiger partial charge in [-0.25, -0.2) is 0 Å². The number of benzene rings is 1. The quantitative estimate of drug-likeness (QED) is 0.570. The number of hydrogen-bond donors (Lipinski definition) is 1. The van der Waals surface area contributed by atoms with Crippen molar-refractivity contribution in [2.75, 3.05) is 7.11 Å². The summed E-state index contributed by atoms with van der Waals surface area (Å²) in [4.78, 5) is 4.70. The fourth-order valence-electron chi connectivity index (χ4n) is 1.12. The van der Waals surface area contributed by atoms with Gasteiger partial charge in [0.05, 0.1) is 5.71 Å². The molecule has 0 bridgehead atoms. The SMILES string of the molecule is CCC(=NOC)c1cccc(O)c1. The number of phenols is 1. The van der Waals surface area contributed by atoms with E-state index in [9.17, 15) is 5.11 Å². The summed E-state index contributed by atoms with van der Waals surface area (Å²) in [7, 11) is 1.51. The minimum atomic E-state index is 0.245. The minimum Gasteiger partial charge on any atom is -0.508 e. The Morgan fingerprint density at radius 3 is 2.85 bits per heavy atom. The van der Waals surface area contributed by atoms with Crippen LogP contribution in [0.4, 0.5) is 0 Å². The van der Waals surface area contributed by atoms with Gasteiger partial charge in [-0.3, -0.25) is 0 Å². The van der Waals surface area contributed by atoms with Crippen LogP contribution in [0.15, 0.2) is 29.4 Å². The molecule has 0 fully saturated rings. The zero-order valence-corrected chi connectivity index (χ0v) is 7.82. The Balaban J connectivity index is 2.98. The van der Waals surface area contributed by atoms with Gasteiger partial charge in [-0.2, -0.15) is 0 Å². The van der Waals surface area contributed by atoms with Gasteiger partial charge in [0, 0.05) is 5.56 Å². The zero-order chi connectivity index (χ0) is 9.68. The minimum absolute atomic E-state index is 0.245. The summed E-state index contributed by atoms with van der Waals surface area (Å²) in [6, 6.07) is 6.97. The standard InChI is InChI=1S/C10H13NO2/c1-3-10(11-13-2)8-5-4-6-9(12)7-8/h4-7,12H,3H2,1-2H3. The predicted molar refractivity (Wildman–Crippen MR) is 51.9 cm³/mol. The average molecular weight is 179 g/mol. The molecule has 3 nitrogen and oxygen atoms in total. The molecule has 0 atom stereocenters. The summed E-state index contributed by atoms with van der Waals surface area (Å²) in [5.74, 6) is 0.245. The number of hydrogen-bond acceptors (Lipinski definition) is 3. The number of nitrogens with zero attached hydrogens (tertiary/aromatic N) is 1. The summed E-state index contributed by atoms with van der Waals surface area (Å²) >= 11 is 0. The summed E-state index contributed by atoms with van der Waals surface area (Å²) < 4.78 is 0. The molecular weight excluding hydrogens is 166 g/mol. The van der Waals surface area contributed by atoms with E-state index in [2.05, 4.69) is 5.16 Å². The molecule has 3 heteroatoms. The van der Waals surface area contributed by atoms with Crippen LogP contribution >= 0.6 is 0 Å². The lowest BCUT2D eigenvalue weighted by molar-refractivity contribution is 0.213. The first-order valence-electron chi connectivity index (χ1n) is 4.17. The average Bonchev–Trinajstić information content (AvgIpc) is 2.14. The van der Waals surface area contributed by atoms with Crippen LogP contribution in [0, 0.1) is 0 Å². The Morgan fingerprint density at radius 2 is 2.31 bits per heavy atom. The van der Waals surface area contributed by atoms with Crippen molar-refractivity contribution >= 4 is 5.71 Å². The van der Waals surface area contributed by atoms with Crippen LogP contribution in [0.2, 0.25) is 0 Å². The van der Waals surface area contributed by atoms with Crippen molar-refractivity contribution in [3.8, 4) is 5.75 Å². The number of phenolic OH excluding ortho intramolecular Hbond substituents is 1. The van der Waals surface area contributed by atoms with Gasteiger partial charge in [0.1, 0.15) is 12.9 Å². The largest absolute Gasteiger partial charge is 0.508 e. The van der Waals surface area contributed by atoms with Crippen molar-refractivity contribution in [1.29, 1.82) is 0 Å². The molecule has 0 aliphatic rings. The lowest BCUT2D eigenvalue weighted by Crippen LogP contribution is -1.98. The van der Waals surface area contributed by atoms with Crippen molar-refractivity contribution in [3.05, 3.63) is 29.8 Å². The van der Waals surface area contributed by atoms with Crippen LogP contribution in [-0.4, -0.2) is 17.9 Å². The van der Waals surface area contributed by atoms with Crippen molar-refractivity contribution in [1.82, 2.24) is 0 Å². The van der Waals surface area contributed by atoms with Gasteiger partial charge in [-0.05, 0) is 18.6 Å². The van der Waals surface area contributed by atoms with Crippen LogP contribution in [0.1, 0.15) is 18.9 Å². The number of oxime groups is 1. The summed E-state index contributed by atoms with van der Waals surface area (Å²) in [5, 5.41) is 13.1. The van der Waals surface area contributed by atoms with E-state index >= 15 is 0 Å². The lowest BCUT2D eigenvalue weighted by Gasteiger charge is -2.02. The Labute approximate surface area is 77.6 Å². The van der Waals surface area contributed by atoms with E-state index in [0.29, 0.717) is 0 Å². The second-order valence-electron chi connectivity index (χ2n) is 2.62. The zero-order valence-electron chi connectivity index (χ0n) is 7.82. The maximum Gasteiger partial charge on any atom is 0.116 e.